The second kappa shape index (κ2) is 24.9. The van der Waals surface area contributed by atoms with Crippen LogP contribution in [0.1, 0.15) is 40.5 Å². The maximum absolute atomic E-state index is 12.3. The Bertz CT molecular complexity index is 1420. The molecule has 26 nitrogen and oxygen atoms in total. The lowest BCUT2D eigenvalue weighted by atomic mass is 9.95. The Morgan fingerprint density at radius 2 is 1.14 bits per heavy atom. The molecule has 4 aliphatic heterocycles. The van der Waals surface area contributed by atoms with Crippen molar-refractivity contribution in [2.45, 2.75) is 169 Å². The lowest BCUT2D eigenvalue weighted by Gasteiger charge is -2.47. The van der Waals surface area contributed by atoms with Gasteiger partial charge in [-0.05, 0) is 13.3 Å². The molecular weight excluding hydrogens is 854 g/mol. The molecule has 63 heavy (non-hydrogen) atoms. The molecule has 26 heteroatoms. The minimum atomic E-state index is -1.93. The van der Waals surface area contributed by atoms with E-state index in [-0.39, 0.29) is 18.7 Å². The van der Waals surface area contributed by atoms with Crippen LogP contribution >= 0.6 is 0 Å². The van der Waals surface area contributed by atoms with Crippen molar-refractivity contribution in [1.82, 2.24) is 16.0 Å². The third kappa shape index (κ3) is 14.1. The Hall–Kier alpha value is -2.39. The molecule has 0 aromatic carbocycles. The lowest BCUT2D eigenvalue weighted by Crippen LogP contribution is -2.67. The smallest absolute Gasteiger partial charge is 0.217 e. The number of aliphatic hydroxyl groups excluding tert-OH is 11. The average Bonchev–Trinajstić information content (AvgIpc) is 3.24. The summed E-state index contributed by atoms with van der Waals surface area (Å²) >= 11 is 0. The van der Waals surface area contributed by atoms with E-state index in [9.17, 15) is 70.6 Å². The third-order valence-corrected chi connectivity index (χ3v) is 11.1. The summed E-state index contributed by atoms with van der Waals surface area (Å²) in [6.45, 7) is 0.00675. The summed E-state index contributed by atoms with van der Waals surface area (Å²) in [7, 11) is 0. The summed E-state index contributed by atoms with van der Waals surface area (Å²) in [6.07, 6.45) is -26.1. The van der Waals surface area contributed by atoms with Gasteiger partial charge in [0.05, 0.1) is 76.6 Å². The molecule has 4 heterocycles. The van der Waals surface area contributed by atoms with E-state index in [1.165, 1.54) is 13.8 Å². The van der Waals surface area contributed by atoms with Crippen LogP contribution in [0.4, 0.5) is 0 Å². The topological polar surface area (TPSA) is 393 Å². The van der Waals surface area contributed by atoms with Crippen molar-refractivity contribution in [3.05, 3.63) is 0 Å². The third-order valence-electron chi connectivity index (χ3n) is 11.1. The summed E-state index contributed by atoms with van der Waals surface area (Å²) in [5, 5.41) is 122. The van der Waals surface area contributed by atoms with E-state index in [1.54, 1.807) is 6.92 Å². The summed E-state index contributed by atoms with van der Waals surface area (Å²) in [5.41, 5.74) is 0. The number of ether oxygens (including phenoxy) is 9. The van der Waals surface area contributed by atoms with Crippen molar-refractivity contribution in [3.8, 4) is 0 Å². The van der Waals surface area contributed by atoms with Crippen LogP contribution in [0.5, 0.6) is 0 Å². The molecule has 0 bridgehead atoms. The quantitative estimate of drug-likeness (QED) is 0.0476. The fourth-order valence-corrected chi connectivity index (χ4v) is 7.79. The van der Waals surface area contributed by atoms with Gasteiger partial charge in [0.15, 0.2) is 25.2 Å². The zero-order chi connectivity index (χ0) is 46.7. The summed E-state index contributed by atoms with van der Waals surface area (Å²) in [4.78, 5) is 36.2. The van der Waals surface area contributed by atoms with Crippen LogP contribution in [0.25, 0.3) is 0 Å². The van der Waals surface area contributed by atoms with Gasteiger partial charge in [-0.1, -0.05) is 0 Å². The summed E-state index contributed by atoms with van der Waals surface area (Å²) in [6, 6.07) is -2.96. The van der Waals surface area contributed by atoms with Crippen molar-refractivity contribution >= 4 is 17.7 Å². The number of aliphatic hydroxyl groups is 11. The van der Waals surface area contributed by atoms with Gasteiger partial charge in [-0.2, -0.15) is 0 Å². The highest BCUT2D eigenvalue weighted by molar-refractivity contribution is 5.74. The SMILES string of the molecule is CC(=O)NC1C[C@H](O[C@@H](CO)OC(CO[C@H]2OC(CO)[C@@H](O)C(O)C2O[C@@H]2OC(CO)[C@@H](O)C(O)C2NC(C)=O)[C@@H](O)CO)C(CO)O[C@H]1O[C@H]1CC(NC(C)=O)[C@H](C)OC1CO. The van der Waals surface area contributed by atoms with Crippen LogP contribution in [-0.2, 0) is 57.0 Å². The molecular formula is C37H65N3O23. The Labute approximate surface area is 362 Å². The fourth-order valence-electron chi connectivity index (χ4n) is 7.79. The number of amides is 3. The van der Waals surface area contributed by atoms with E-state index in [0.717, 1.165) is 6.92 Å². The average molecular weight is 920 g/mol. The zero-order valence-corrected chi connectivity index (χ0v) is 35.3. The zero-order valence-electron chi connectivity index (χ0n) is 35.3. The van der Waals surface area contributed by atoms with Gasteiger partial charge in [0, 0.05) is 27.2 Å². The minimum Gasteiger partial charge on any atom is -0.394 e. The second-order valence-corrected chi connectivity index (χ2v) is 15.8. The van der Waals surface area contributed by atoms with Crippen LogP contribution in [0.3, 0.4) is 0 Å². The Kier molecular flexibility index (Phi) is 21.1. The molecule has 14 N–H and O–H groups in total. The molecule has 21 atom stereocenters. The summed E-state index contributed by atoms with van der Waals surface area (Å²) in [5.74, 6) is -1.52. The molecule has 0 saturated carbocycles. The molecule has 11 unspecified atom stereocenters. The van der Waals surface area contributed by atoms with Crippen molar-refractivity contribution in [3.63, 3.8) is 0 Å². The number of nitrogens with one attached hydrogen (secondary N) is 3. The number of carbonyl (C=O) groups is 3. The Balaban J connectivity index is 1.50. The molecule has 0 radical (unpaired) electrons. The van der Waals surface area contributed by atoms with Gasteiger partial charge in [-0.25, -0.2) is 0 Å². The van der Waals surface area contributed by atoms with Crippen LogP contribution < -0.4 is 16.0 Å². The molecule has 0 aromatic rings. The highest BCUT2D eigenvalue weighted by Crippen LogP contribution is 2.32. The molecule has 4 rings (SSSR count). The highest BCUT2D eigenvalue weighted by atomic mass is 16.8. The van der Waals surface area contributed by atoms with Gasteiger partial charge in [-0.15, -0.1) is 0 Å². The fraction of sp³-hybridized carbons (Fsp3) is 0.919. The molecule has 3 amide bonds. The minimum absolute atomic E-state index is 0.120. The summed E-state index contributed by atoms with van der Waals surface area (Å²) < 4.78 is 52.9. The standard InChI is InChI=1S/C37H65N3O23/c1-14-18(38-15(2)47)5-22(23(8-42)56-14)59-35-19(39-16(3)48)6-21(24(9-43)60-35)57-28(12-46)58-27(20(50)7-41)13-55-37-34(33(54)31(52)26(11-45)62-37)63-36-29(40-17(4)49)32(53)30(51)25(10-44)61-36/h14,18-37,41-46,50-54H,5-13H2,1-4H3,(H,38,47)(H,39,48)(H,40,49)/t14-,18?,19?,20-,21-,22-,23?,24?,25?,26?,27?,28+,29?,30+,31+,32?,33?,34?,35+,36-,37-/m0/s1. The second-order valence-electron chi connectivity index (χ2n) is 15.8. The maximum Gasteiger partial charge on any atom is 0.217 e. The molecule has 4 aliphatic rings. The molecule has 4 fully saturated rings. The predicted octanol–water partition coefficient (Wildman–Crippen LogP) is -8.12. The molecule has 366 valence electrons. The van der Waals surface area contributed by atoms with Gasteiger partial charge in [-0.3, -0.25) is 14.4 Å². The first-order valence-electron chi connectivity index (χ1n) is 20.6. The Morgan fingerprint density at radius 3 is 1.70 bits per heavy atom. The van der Waals surface area contributed by atoms with E-state index in [0.29, 0.717) is 0 Å². The number of carbonyl (C=O) groups excluding carboxylic acids is 3. The van der Waals surface area contributed by atoms with Crippen LogP contribution in [-0.4, -0.2) is 249 Å². The monoisotopic (exact) mass is 919 g/mol. The van der Waals surface area contributed by atoms with Crippen LogP contribution in [0.15, 0.2) is 0 Å². The van der Waals surface area contributed by atoms with Crippen molar-refractivity contribution in [2.75, 3.05) is 46.2 Å². The van der Waals surface area contributed by atoms with Gasteiger partial charge in [0.2, 0.25) is 17.7 Å². The van der Waals surface area contributed by atoms with Gasteiger partial charge in [0.1, 0.15) is 73.2 Å². The largest absolute Gasteiger partial charge is 0.394 e. The highest BCUT2D eigenvalue weighted by Gasteiger charge is 2.52. The first-order chi connectivity index (χ1) is 29.9. The van der Waals surface area contributed by atoms with E-state index in [1.807, 2.05) is 0 Å². The van der Waals surface area contributed by atoms with E-state index in [2.05, 4.69) is 16.0 Å². The maximum atomic E-state index is 12.3. The number of rotatable bonds is 21. The van der Waals surface area contributed by atoms with Gasteiger partial charge < -0.3 is 115 Å². The molecule has 0 aliphatic carbocycles. The van der Waals surface area contributed by atoms with E-state index >= 15 is 0 Å². The van der Waals surface area contributed by atoms with E-state index in [4.69, 9.17) is 42.6 Å². The first kappa shape index (κ1) is 53.2. The molecule has 4 saturated heterocycles. The molecule has 0 spiro atoms. The van der Waals surface area contributed by atoms with E-state index < -0.39 is 187 Å². The Morgan fingerprint density at radius 1 is 0.619 bits per heavy atom. The van der Waals surface area contributed by atoms with Gasteiger partial charge >= 0.3 is 0 Å². The first-order valence-corrected chi connectivity index (χ1v) is 20.6. The normalized spacial score (nSPS) is 40.0. The van der Waals surface area contributed by atoms with Crippen molar-refractivity contribution < 1.29 is 113 Å². The van der Waals surface area contributed by atoms with Crippen LogP contribution in [0.2, 0.25) is 0 Å². The predicted molar refractivity (Wildman–Crippen MR) is 204 cm³/mol. The van der Waals surface area contributed by atoms with Gasteiger partial charge in [0.25, 0.3) is 0 Å². The molecule has 0 aromatic heterocycles. The van der Waals surface area contributed by atoms with Crippen molar-refractivity contribution in [2.24, 2.45) is 0 Å². The lowest BCUT2D eigenvalue weighted by molar-refractivity contribution is -0.360. The van der Waals surface area contributed by atoms with Crippen LogP contribution in [0, 0.1) is 0 Å². The van der Waals surface area contributed by atoms with Crippen molar-refractivity contribution in [1.29, 1.82) is 0 Å². The number of hydrogen-bond donors (Lipinski definition) is 14. The number of hydrogen-bond acceptors (Lipinski definition) is 23.